The molecular formula is C15H22Cl2O. The van der Waals surface area contributed by atoms with E-state index >= 15 is 0 Å². The van der Waals surface area contributed by atoms with Crippen LogP contribution in [-0.4, -0.2) is 5.11 Å². The molecule has 1 rings (SSSR count). The van der Waals surface area contributed by atoms with Gasteiger partial charge in [-0.3, -0.25) is 0 Å². The first kappa shape index (κ1) is 15.8. The summed E-state index contributed by atoms with van der Waals surface area (Å²) in [7, 11) is 0. The zero-order valence-corrected chi connectivity index (χ0v) is 12.5. The van der Waals surface area contributed by atoms with Gasteiger partial charge >= 0.3 is 0 Å². The third-order valence-corrected chi connectivity index (χ3v) is 3.73. The molecule has 1 nitrogen and oxygen atoms in total. The average Bonchev–Trinajstić information content (AvgIpc) is 2.36. The third kappa shape index (κ3) is 5.60. The summed E-state index contributed by atoms with van der Waals surface area (Å²) in [6, 6.07) is 5.24. The van der Waals surface area contributed by atoms with Crippen molar-refractivity contribution in [3.63, 3.8) is 0 Å². The lowest BCUT2D eigenvalue weighted by Crippen LogP contribution is -1.98. The topological polar surface area (TPSA) is 20.2 Å². The molecule has 0 saturated heterocycles. The van der Waals surface area contributed by atoms with Crippen LogP contribution < -0.4 is 0 Å². The number of hydrogen-bond acceptors (Lipinski definition) is 1. The third-order valence-electron chi connectivity index (χ3n) is 3.15. The monoisotopic (exact) mass is 288 g/mol. The van der Waals surface area contributed by atoms with Crippen molar-refractivity contribution in [1.29, 1.82) is 0 Å². The maximum Gasteiger partial charge on any atom is 0.0805 e. The summed E-state index contributed by atoms with van der Waals surface area (Å²) in [5.41, 5.74) is 0.748. The van der Waals surface area contributed by atoms with E-state index in [1.165, 1.54) is 32.1 Å². The SMILES string of the molecule is CCCCCCCCC(O)c1cc(Cl)ccc1Cl. The van der Waals surface area contributed by atoms with Crippen molar-refractivity contribution in [3.8, 4) is 0 Å². The van der Waals surface area contributed by atoms with Crippen LogP contribution in [-0.2, 0) is 0 Å². The van der Waals surface area contributed by atoms with Crippen LogP contribution in [0.1, 0.15) is 63.5 Å². The van der Waals surface area contributed by atoms with Crippen LogP contribution in [0.15, 0.2) is 18.2 Å². The fraction of sp³-hybridized carbons (Fsp3) is 0.600. The highest BCUT2D eigenvalue weighted by molar-refractivity contribution is 6.33. The quantitative estimate of drug-likeness (QED) is 0.602. The summed E-state index contributed by atoms with van der Waals surface area (Å²) in [6.07, 6.45) is 7.59. The van der Waals surface area contributed by atoms with Crippen LogP contribution in [0.5, 0.6) is 0 Å². The van der Waals surface area contributed by atoms with Crippen molar-refractivity contribution in [1.82, 2.24) is 0 Å². The van der Waals surface area contributed by atoms with E-state index in [1.807, 2.05) is 0 Å². The first-order valence-electron chi connectivity index (χ1n) is 6.78. The Morgan fingerprint density at radius 2 is 1.72 bits per heavy atom. The predicted molar refractivity (Wildman–Crippen MR) is 79.4 cm³/mol. The highest BCUT2D eigenvalue weighted by Crippen LogP contribution is 2.29. The Morgan fingerprint density at radius 3 is 2.44 bits per heavy atom. The molecule has 0 amide bonds. The van der Waals surface area contributed by atoms with Gasteiger partial charge < -0.3 is 5.11 Å². The number of benzene rings is 1. The second kappa shape index (κ2) is 8.79. The molecule has 1 aromatic rings. The minimum atomic E-state index is -0.498. The molecule has 0 aliphatic carbocycles. The standard InChI is InChI=1S/C15H22Cl2O/c1-2-3-4-5-6-7-8-15(18)13-11-12(16)9-10-14(13)17/h9-11,15,18H,2-8H2,1H3. The minimum absolute atomic E-state index is 0.498. The van der Waals surface area contributed by atoms with Crippen molar-refractivity contribution >= 4 is 23.2 Å². The molecule has 1 unspecified atom stereocenters. The van der Waals surface area contributed by atoms with Gasteiger partial charge in [-0.2, -0.15) is 0 Å². The number of aliphatic hydroxyl groups is 1. The average molecular weight is 289 g/mol. The second-order valence-corrected chi connectivity index (χ2v) is 5.58. The molecule has 0 radical (unpaired) electrons. The number of hydrogen-bond donors (Lipinski definition) is 1. The fourth-order valence-electron chi connectivity index (χ4n) is 2.04. The van der Waals surface area contributed by atoms with Crippen LogP contribution >= 0.6 is 23.2 Å². The van der Waals surface area contributed by atoms with Crippen LogP contribution in [0.3, 0.4) is 0 Å². The zero-order chi connectivity index (χ0) is 13.4. The molecule has 1 N–H and O–H groups in total. The number of rotatable bonds is 8. The predicted octanol–water partition coefficient (Wildman–Crippen LogP) is 5.78. The molecule has 0 aliphatic rings. The Kier molecular flexibility index (Phi) is 7.73. The van der Waals surface area contributed by atoms with Gasteiger partial charge in [-0.05, 0) is 24.6 Å². The van der Waals surface area contributed by atoms with Crippen LogP contribution in [0.4, 0.5) is 0 Å². The summed E-state index contributed by atoms with van der Waals surface area (Å²) in [5, 5.41) is 11.3. The van der Waals surface area contributed by atoms with Gasteiger partial charge in [-0.25, -0.2) is 0 Å². The van der Waals surface area contributed by atoms with E-state index in [2.05, 4.69) is 6.92 Å². The van der Waals surface area contributed by atoms with Gasteiger partial charge in [0.2, 0.25) is 0 Å². The molecule has 0 bridgehead atoms. The first-order chi connectivity index (χ1) is 8.65. The van der Waals surface area contributed by atoms with Crippen molar-refractivity contribution in [2.45, 2.75) is 58.0 Å². The van der Waals surface area contributed by atoms with Crippen LogP contribution in [0.2, 0.25) is 10.0 Å². The highest BCUT2D eigenvalue weighted by Gasteiger charge is 2.11. The second-order valence-electron chi connectivity index (χ2n) is 4.74. The van der Waals surface area contributed by atoms with Crippen LogP contribution in [0.25, 0.3) is 0 Å². The molecule has 0 aliphatic heterocycles. The van der Waals surface area contributed by atoms with Crippen molar-refractivity contribution in [2.24, 2.45) is 0 Å². The first-order valence-corrected chi connectivity index (χ1v) is 7.53. The summed E-state index contributed by atoms with van der Waals surface area (Å²) in [4.78, 5) is 0. The number of unbranched alkanes of at least 4 members (excludes halogenated alkanes) is 5. The van der Waals surface area contributed by atoms with E-state index in [-0.39, 0.29) is 0 Å². The molecule has 0 heterocycles. The van der Waals surface area contributed by atoms with E-state index in [9.17, 15) is 5.11 Å². The zero-order valence-electron chi connectivity index (χ0n) is 11.0. The maximum absolute atomic E-state index is 10.1. The molecule has 102 valence electrons. The Hall–Kier alpha value is -0.240. The van der Waals surface area contributed by atoms with E-state index < -0.39 is 6.10 Å². The lowest BCUT2D eigenvalue weighted by atomic mass is 10.0. The molecule has 0 saturated carbocycles. The van der Waals surface area contributed by atoms with Gasteiger partial charge in [0.05, 0.1) is 6.10 Å². The van der Waals surface area contributed by atoms with Gasteiger partial charge in [0, 0.05) is 15.6 Å². The highest BCUT2D eigenvalue weighted by atomic mass is 35.5. The van der Waals surface area contributed by atoms with E-state index in [4.69, 9.17) is 23.2 Å². The van der Waals surface area contributed by atoms with E-state index in [0.29, 0.717) is 10.0 Å². The molecule has 3 heteroatoms. The van der Waals surface area contributed by atoms with Gasteiger partial charge in [0.1, 0.15) is 0 Å². The summed E-state index contributed by atoms with van der Waals surface area (Å²) in [5.74, 6) is 0. The fourth-order valence-corrected chi connectivity index (χ4v) is 2.47. The lowest BCUT2D eigenvalue weighted by Gasteiger charge is -2.13. The molecule has 1 aromatic carbocycles. The number of aliphatic hydroxyl groups excluding tert-OH is 1. The Morgan fingerprint density at radius 1 is 1.06 bits per heavy atom. The van der Waals surface area contributed by atoms with Crippen molar-refractivity contribution in [2.75, 3.05) is 0 Å². The van der Waals surface area contributed by atoms with E-state index in [0.717, 1.165) is 18.4 Å². The Bertz CT molecular complexity index is 352. The summed E-state index contributed by atoms with van der Waals surface area (Å²) >= 11 is 12.0. The Labute approximate surface area is 120 Å². The summed E-state index contributed by atoms with van der Waals surface area (Å²) in [6.45, 7) is 2.21. The normalized spacial score (nSPS) is 12.7. The molecule has 18 heavy (non-hydrogen) atoms. The largest absolute Gasteiger partial charge is 0.388 e. The molecule has 0 spiro atoms. The molecule has 1 atom stereocenters. The lowest BCUT2D eigenvalue weighted by molar-refractivity contribution is 0.163. The number of halogens is 2. The van der Waals surface area contributed by atoms with Gasteiger partial charge in [0.25, 0.3) is 0 Å². The smallest absolute Gasteiger partial charge is 0.0805 e. The van der Waals surface area contributed by atoms with Crippen molar-refractivity contribution < 1.29 is 5.11 Å². The minimum Gasteiger partial charge on any atom is -0.388 e. The molecular weight excluding hydrogens is 267 g/mol. The maximum atomic E-state index is 10.1. The molecule has 0 fully saturated rings. The van der Waals surface area contributed by atoms with Gasteiger partial charge in [0.15, 0.2) is 0 Å². The van der Waals surface area contributed by atoms with E-state index in [1.54, 1.807) is 18.2 Å². The van der Waals surface area contributed by atoms with Crippen molar-refractivity contribution in [3.05, 3.63) is 33.8 Å². The Balaban J connectivity index is 2.31. The van der Waals surface area contributed by atoms with Crippen LogP contribution in [0, 0.1) is 0 Å². The van der Waals surface area contributed by atoms with Gasteiger partial charge in [-0.15, -0.1) is 0 Å². The molecule has 0 aromatic heterocycles. The summed E-state index contributed by atoms with van der Waals surface area (Å²) < 4.78 is 0. The van der Waals surface area contributed by atoms with Gasteiger partial charge in [-0.1, -0.05) is 68.7 Å².